The molecule has 0 aliphatic heterocycles. The molecule has 0 N–H and O–H groups in total. The van der Waals surface area contributed by atoms with Gasteiger partial charge in [-0.2, -0.15) is 0 Å². The van der Waals surface area contributed by atoms with Gasteiger partial charge in [-0.05, 0) is 53.2 Å². The fourth-order valence-corrected chi connectivity index (χ4v) is 6.92. The molecule has 0 unspecified atom stereocenters. The van der Waals surface area contributed by atoms with Crippen LogP contribution in [0.25, 0.3) is 72.6 Å². The molecule has 55 heavy (non-hydrogen) atoms. The third-order valence-corrected chi connectivity index (χ3v) is 9.27. The predicted molar refractivity (Wildman–Crippen MR) is 222 cm³/mol. The molecule has 0 atom stereocenters. The number of rotatable bonds is 6. The number of fused-ring (bicyclic) bond motifs is 2. The molecule has 0 spiro atoms. The quantitative estimate of drug-likeness (QED) is 0.156. The second-order valence-electron chi connectivity index (χ2n) is 14.5. The van der Waals surface area contributed by atoms with Crippen molar-refractivity contribution in [2.24, 2.45) is 5.41 Å². The maximum absolute atomic E-state index is 7.23. The largest absolute Gasteiger partial charge is 0.557 e. The van der Waals surface area contributed by atoms with Crippen molar-refractivity contribution in [1.82, 2.24) is 14.5 Å². The third-order valence-electron chi connectivity index (χ3n) is 9.27. The molecule has 9 rings (SSSR count). The van der Waals surface area contributed by atoms with Crippen LogP contribution in [-0.4, -0.2) is 14.5 Å². The van der Waals surface area contributed by atoms with Crippen molar-refractivity contribution in [3.8, 4) is 50.6 Å². The Balaban J connectivity index is 0.000000254. The molecule has 273 valence electrons. The molecular weight excluding hydrogens is 851 g/mol. The fourth-order valence-electron chi connectivity index (χ4n) is 6.92. The Hall–Kier alpha value is -5.87. The van der Waals surface area contributed by atoms with Gasteiger partial charge in [0.15, 0.2) is 0 Å². The Morgan fingerprint density at radius 3 is 2.05 bits per heavy atom. The van der Waals surface area contributed by atoms with Crippen molar-refractivity contribution < 1.29 is 28.6 Å². The number of nitrogens with zero attached hydrogens (tertiary/aromatic N) is 3. The van der Waals surface area contributed by atoms with Crippen molar-refractivity contribution in [2.45, 2.75) is 34.0 Å². The first kappa shape index (κ1) is 33.7. The normalized spacial score (nSPS) is 12.2. The molecule has 0 aliphatic rings. The van der Waals surface area contributed by atoms with Crippen LogP contribution in [0.4, 0.5) is 0 Å². The first-order valence-corrected chi connectivity index (χ1v) is 18.1. The molecule has 0 saturated heterocycles. The summed E-state index contributed by atoms with van der Waals surface area (Å²) in [7, 11) is 0. The Morgan fingerprint density at radius 1 is 0.727 bits per heavy atom. The summed E-state index contributed by atoms with van der Waals surface area (Å²) in [6, 6.07) is 56.3. The van der Waals surface area contributed by atoms with E-state index in [1.54, 1.807) is 18.2 Å². The van der Waals surface area contributed by atoms with Gasteiger partial charge < -0.3 is 14.0 Å². The summed E-state index contributed by atoms with van der Waals surface area (Å²) in [5.41, 5.74) is 12.6. The first-order chi connectivity index (χ1) is 27.5. The van der Waals surface area contributed by atoms with Crippen LogP contribution >= 0.6 is 0 Å². The second-order valence-corrected chi connectivity index (χ2v) is 14.5. The van der Waals surface area contributed by atoms with Crippen LogP contribution in [0.15, 0.2) is 168 Å². The van der Waals surface area contributed by atoms with Gasteiger partial charge in [0.25, 0.3) is 0 Å². The van der Waals surface area contributed by atoms with Crippen LogP contribution in [0, 0.1) is 24.6 Å². The average molecular weight is 895 g/mol. The van der Waals surface area contributed by atoms with Gasteiger partial charge in [-0.15, -0.1) is 35.9 Å². The monoisotopic (exact) mass is 895 g/mol. The van der Waals surface area contributed by atoms with E-state index in [0.717, 1.165) is 79.0 Å². The van der Waals surface area contributed by atoms with E-state index in [9.17, 15) is 0 Å². The number of benzene rings is 6. The Labute approximate surface area is 341 Å². The standard InChI is InChI=1S/C38H31N2O.C12H10N.Ir/c1-38(2,3)24-26-21-22-35-31(23-26)32(25-41-35)37-39-33-19-10-11-20-34(33)40(37)36-29(27-13-6-4-7-14-27)17-12-18-30(36)28-15-8-5-9-16-28;1-10-7-8-12(13-9-10)11-5-3-2-4-6-11;/h4-23H,24H2,1-3H3;2-5,7-9H,1H3;/q2*-1;/i;1D3;. The molecular formula is C50H41IrN3O-2. The Bertz CT molecular complexity index is 2710. The van der Waals surface area contributed by atoms with Crippen molar-refractivity contribution in [3.63, 3.8) is 0 Å². The van der Waals surface area contributed by atoms with E-state index in [-0.39, 0.29) is 31.1 Å². The molecule has 0 bridgehead atoms. The maximum atomic E-state index is 7.23. The van der Waals surface area contributed by atoms with Crippen LogP contribution in [0.5, 0.6) is 0 Å². The molecule has 1 radical (unpaired) electrons. The Kier molecular flexibility index (Phi) is 9.95. The summed E-state index contributed by atoms with van der Waals surface area (Å²) in [5.74, 6) is 0.818. The summed E-state index contributed by atoms with van der Waals surface area (Å²) in [6.45, 7) is 4.71. The van der Waals surface area contributed by atoms with E-state index in [4.69, 9.17) is 13.5 Å². The summed E-state index contributed by atoms with van der Waals surface area (Å²) < 4.78 is 30.0. The molecule has 0 saturated carbocycles. The molecule has 0 aliphatic carbocycles. The zero-order valence-corrected chi connectivity index (χ0v) is 33.3. The molecule has 6 aromatic carbocycles. The van der Waals surface area contributed by atoms with Crippen molar-refractivity contribution in [1.29, 1.82) is 0 Å². The molecule has 3 aromatic heterocycles. The van der Waals surface area contributed by atoms with Crippen molar-refractivity contribution >= 4 is 22.0 Å². The van der Waals surface area contributed by atoms with Crippen molar-refractivity contribution in [2.75, 3.05) is 0 Å². The number of aromatic nitrogens is 3. The van der Waals surface area contributed by atoms with Crippen LogP contribution in [-0.2, 0) is 26.5 Å². The summed E-state index contributed by atoms with van der Waals surface area (Å²) >= 11 is 0. The van der Waals surface area contributed by atoms with Gasteiger partial charge in [0.2, 0.25) is 0 Å². The molecule has 4 nitrogen and oxygen atoms in total. The summed E-state index contributed by atoms with van der Waals surface area (Å²) in [6.07, 6.45) is 5.61. The van der Waals surface area contributed by atoms with Gasteiger partial charge in [-0.25, -0.2) is 0 Å². The minimum atomic E-state index is -2.09. The van der Waals surface area contributed by atoms with Crippen LogP contribution in [0.3, 0.4) is 0 Å². The number of para-hydroxylation sites is 3. The minimum Gasteiger partial charge on any atom is -0.557 e. The van der Waals surface area contributed by atoms with Crippen LogP contribution < -0.4 is 0 Å². The molecule has 0 fully saturated rings. The number of furan rings is 1. The molecule has 9 aromatic rings. The molecule has 5 heteroatoms. The zero-order chi connectivity index (χ0) is 39.6. The van der Waals surface area contributed by atoms with E-state index in [2.05, 4.69) is 158 Å². The smallest absolute Gasteiger partial charge is 0.0774 e. The molecule has 0 amide bonds. The van der Waals surface area contributed by atoms with Crippen LogP contribution in [0.1, 0.15) is 36.0 Å². The van der Waals surface area contributed by atoms with Gasteiger partial charge >= 0.3 is 0 Å². The topological polar surface area (TPSA) is 43.9 Å². The third kappa shape index (κ3) is 8.15. The number of imidazole rings is 1. The summed E-state index contributed by atoms with van der Waals surface area (Å²) in [4.78, 5) is 9.35. The number of hydrogen-bond donors (Lipinski definition) is 0. The van der Waals surface area contributed by atoms with Crippen LogP contribution in [0.2, 0.25) is 0 Å². The Morgan fingerprint density at radius 2 is 1.42 bits per heavy atom. The van der Waals surface area contributed by atoms with Gasteiger partial charge in [-0.3, -0.25) is 4.98 Å². The van der Waals surface area contributed by atoms with E-state index in [1.165, 1.54) is 11.8 Å². The van der Waals surface area contributed by atoms with E-state index in [0.29, 0.717) is 0 Å². The van der Waals surface area contributed by atoms with Gasteiger partial charge in [0, 0.05) is 53.4 Å². The van der Waals surface area contributed by atoms with Crippen molar-refractivity contribution in [3.05, 3.63) is 187 Å². The minimum absolute atomic E-state index is 0. The van der Waals surface area contributed by atoms with E-state index >= 15 is 0 Å². The van der Waals surface area contributed by atoms with Gasteiger partial charge in [0.1, 0.15) is 0 Å². The zero-order valence-electron chi connectivity index (χ0n) is 33.9. The number of pyridine rings is 1. The predicted octanol–water partition coefficient (Wildman–Crippen LogP) is 13.0. The second kappa shape index (κ2) is 16.2. The SMILES string of the molecule is CC(C)(C)Cc1ccc2o[c-]c(-c3nc4ccccc4n3-c3c(-c4ccccc4)cccc3-c3ccccc3)c2c1.[2H]C([2H])([2H])c1ccc(-c2[c-]cccc2)nc1.[Ir]. The van der Waals surface area contributed by atoms with E-state index < -0.39 is 6.85 Å². The number of hydrogen-bond acceptors (Lipinski definition) is 3. The average Bonchev–Trinajstić information content (AvgIpc) is 3.82. The maximum Gasteiger partial charge on any atom is 0.0774 e. The van der Waals surface area contributed by atoms with Gasteiger partial charge in [-0.1, -0.05) is 159 Å². The van der Waals surface area contributed by atoms with Gasteiger partial charge in [0.05, 0.1) is 22.5 Å². The van der Waals surface area contributed by atoms with E-state index in [1.807, 2.05) is 24.3 Å². The fraction of sp³-hybridized carbons (Fsp3) is 0.120. The summed E-state index contributed by atoms with van der Waals surface area (Å²) in [5, 5.41) is 1.03. The number of aryl methyl sites for hydroxylation is 1. The molecule has 3 heterocycles. The first-order valence-electron chi connectivity index (χ1n) is 19.6.